The number of aryl methyl sites for hydroxylation is 1. The van der Waals surface area contributed by atoms with Crippen LogP contribution < -0.4 is 5.73 Å². The molecule has 0 bridgehead atoms. The Hall–Kier alpha value is -0.840. The van der Waals surface area contributed by atoms with Crippen LogP contribution in [-0.4, -0.2) is 27.4 Å². The number of nitrogens with two attached hydrogens (primary N) is 1. The molecule has 0 saturated carbocycles. The van der Waals surface area contributed by atoms with Gasteiger partial charge in [-0.3, -0.25) is 0 Å². The number of rotatable bonds is 3. The van der Waals surface area contributed by atoms with E-state index in [1.165, 1.54) is 0 Å². The van der Waals surface area contributed by atoms with Crippen molar-refractivity contribution in [2.24, 2.45) is 12.8 Å². The summed E-state index contributed by atoms with van der Waals surface area (Å²) in [5, 5.41) is 18.7. The average Bonchev–Trinajstić information content (AvgIpc) is 2.48. The minimum absolute atomic E-state index is 0.0619. The van der Waals surface area contributed by atoms with Crippen LogP contribution in [0.5, 0.6) is 0 Å². The fraction of sp³-hybridized carbons (Fsp3) is 0.500. The zero-order valence-corrected chi connectivity index (χ0v) is 7.01. The molecular weight excluding hydrogens is 156 g/mol. The van der Waals surface area contributed by atoms with Gasteiger partial charge in [0.25, 0.3) is 0 Å². The van der Waals surface area contributed by atoms with E-state index in [4.69, 9.17) is 5.73 Å². The van der Waals surface area contributed by atoms with Gasteiger partial charge >= 0.3 is 0 Å². The van der Waals surface area contributed by atoms with E-state index in [-0.39, 0.29) is 6.54 Å². The number of aromatic nitrogens is 1. The second kappa shape index (κ2) is 3.71. The number of hydrogen-bond donors (Lipinski definition) is 3. The fourth-order valence-corrected chi connectivity index (χ4v) is 1.11. The predicted octanol–water partition coefficient (Wildman–Crippen LogP) is -0.622. The van der Waals surface area contributed by atoms with Crippen molar-refractivity contribution in [2.45, 2.75) is 12.2 Å². The Balaban J connectivity index is 2.77. The van der Waals surface area contributed by atoms with Crippen molar-refractivity contribution in [2.75, 3.05) is 6.54 Å². The SMILES string of the molecule is Cn1cccc1C(O)C(O)CN. The molecule has 12 heavy (non-hydrogen) atoms. The van der Waals surface area contributed by atoms with E-state index in [1.807, 2.05) is 19.3 Å². The molecule has 4 nitrogen and oxygen atoms in total. The van der Waals surface area contributed by atoms with Gasteiger partial charge in [0.1, 0.15) is 6.10 Å². The number of aliphatic hydroxyl groups is 2. The summed E-state index contributed by atoms with van der Waals surface area (Å²) in [7, 11) is 1.81. The van der Waals surface area contributed by atoms with Crippen LogP contribution in [0.1, 0.15) is 11.8 Å². The van der Waals surface area contributed by atoms with Gasteiger partial charge in [-0.25, -0.2) is 0 Å². The summed E-state index contributed by atoms with van der Waals surface area (Å²) in [5.41, 5.74) is 5.88. The van der Waals surface area contributed by atoms with Gasteiger partial charge in [-0.2, -0.15) is 0 Å². The molecule has 1 aromatic rings. The first-order chi connectivity index (χ1) is 5.66. The maximum absolute atomic E-state index is 9.51. The summed E-state index contributed by atoms with van der Waals surface area (Å²) in [5.74, 6) is 0. The third-order valence-corrected chi connectivity index (χ3v) is 1.89. The molecule has 0 saturated heterocycles. The Morgan fingerprint density at radius 2 is 2.25 bits per heavy atom. The second-order valence-electron chi connectivity index (χ2n) is 2.79. The summed E-state index contributed by atoms with van der Waals surface area (Å²) in [6.45, 7) is 0.0619. The zero-order valence-electron chi connectivity index (χ0n) is 7.01. The molecule has 0 aliphatic rings. The Labute approximate surface area is 71.2 Å². The summed E-state index contributed by atoms with van der Waals surface area (Å²) in [6, 6.07) is 3.56. The van der Waals surface area contributed by atoms with Crippen LogP contribution in [0.25, 0.3) is 0 Å². The number of aliphatic hydroxyl groups excluding tert-OH is 2. The molecule has 4 heteroatoms. The highest BCUT2D eigenvalue weighted by molar-refractivity contribution is 5.10. The van der Waals surface area contributed by atoms with Gasteiger partial charge in [0.05, 0.1) is 6.10 Å². The van der Waals surface area contributed by atoms with Gasteiger partial charge in [-0.1, -0.05) is 0 Å². The first kappa shape index (κ1) is 9.25. The highest BCUT2D eigenvalue weighted by Gasteiger charge is 2.18. The molecule has 1 heterocycles. The van der Waals surface area contributed by atoms with Crippen LogP contribution in [0.3, 0.4) is 0 Å². The summed E-state index contributed by atoms with van der Waals surface area (Å²) < 4.78 is 1.75. The van der Waals surface area contributed by atoms with Crippen molar-refractivity contribution in [1.29, 1.82) is 0 Å². The Morgan fingerprint density at radius 1 is 1.58 bits per heavy atom. The van der Waals surface area contributed by atoms with E-state index >= 15 is 0 Å². The third kappa shape index (κ3) is 1.66. The van der Waals surface area contributed by atoms with E-state index in [0.29, 0.717) is 5.69 Å². The van der Waals surface area contributed by atoms with Gasteiger partial charge in [-0.15, -0.1) is 0 Å². The lowest BCUT2D eigenvalue weighted by atomic mass is 10.1. The van der Waals surface area contributed by atoms with Crippen molar-refractivity contribution in [3.8, 4) is 0 Å². The van der Waals surface area contributed by atoms with Crippen LogP contribution in [0.15, 0.2) is 18.3 Å². The fourth-order valence-electron chi connectivity index (χ4n) is 1.11. The molecule has 4 N–H and O–H groups in total. The van der Waals surface area contributed by atoms with E-state index in [9.17, 15) is 10.2 Å². The smallest absolute Gasteiger partial charge is 0.121 e. The highest BCUT2D eigenvalue weighted by Crippen LogP contribution is 2.15. The summed E-state index contributed by atoms with van der Waals surface area (Å²) in [6.07, 6.45) is 0.0236. The number of nitrogens with zero attached hydrogens (tertiary/aromatic N) is 1. The van der Waals surface area contributed by atoms with Crippen molar-refractivity contribution in [3.63, 3.8) is 0 Å². The Bertz CT molecular complexity index is 247. The van der Waals surface area contributed by atoms with Crippen LogP contribution >= 0.6 is 0 Å². The topological polar surface area (TPSA) is 71.4 Å². The van der Waals surface area contributed by atoms with Gasteiger partial charge < -0.3 is 20.5 Å². The molecule has 2 atom stereocenters. The first-order valence-corrected chi connectivity index (χ1v) is 3.84. The molecule has 68 valence electrons. The van der Waals surface area contributed by atoms with Crippen LogP contribution in [-0.2, 0) is 7.05 Å². The quantitative estimate of drug-likeness (QED) is 0.566. The highest BCUT2D eigenvalue weighted by atomic mass is 16.3. The zero-order chi connectivity index (χ0) is 9.14. The monoisotopic (exact) mass is 170 g/mol. The average molecular weight is 170 g/mol. The molecule has 2 unspecified atom stereocenters. The molecule has 0 aliphatic heterocycles. The molecule has 1 rings (SSSR count). The summed E-state index contributed by atoms with van der Waals surface area (Å²) in [4.78, 5) is 0. The Kier molecular flexibility index (Phi) is 2.86. The molecular formula is C8H14N2O2. The maximum atomic E-state index is 9.51. The van der Waals surface area contributed by atoms with Gasteiger partial charge in [0.15, 0.2) is 0 Å². The molecule has 0 aromatic carbocycles. The molecule has 0 amide bonds. The van der Waals surface area contributed by atoms with Crippen molar-refractivity contribution < 1.29 is 10.2 Å². The molecule has 0 radical (unpaired) electrons. The molecule has 0 spiro atoms. The lowest BCUT2D eigenvalue weighted by molar-refractivity contribution is 0.0201. The molecule has 0 fully saturated rings. The normalized spacial score (nSPS) is 16.0. The van der Waals surface area contributed by atoms with E-state index in [0.717, 1.165) is 0 Å². The van der Waals surface area contributed by atoms with E-state index < -0.39 is 12.2 Å². The first-order valence-electron chi connectivity index (χ1n) is 3.84. The van der Waals surface area contributed by atoms with Crippen molar-refractivity contribution in [3.05, 3.63) is 24.0 Å². The van der Waals surface area contributed by atoms with Gasteiger partial charge in [0, 0.05) is 25.5 Å². The van der Waals surface area contributed by atoms with Crippen LogP contribution in [0, 0.1) is 0 Å². The number of hydrogen-bond acceptors (Lipinski definition) is 3. The lowest BCUT2D eigenvalue weighted by Gasteiger charge is -2.16. The molecule has 1 aromatic heterocycles. The minimum Gasteiger partial charge on any atom is -0.389 e. The third-order valence-electron chi connectivity index (χ3n) is 1.89. The molecule has 0 aliphatic carbocycles. The van der Waals surface area contributed by atoms with Crippen molar-refractivity contribution in [1.82, 2.24) is 4.57 Å². The van der Waals surface area contributed by atoms with Crippen LogP contribution in [0.2, 0.25) is 0 Å². The van der Waals surface area contributed by atoms with Gasteiger partial charge in [0.2, 0.25) is 0 Å². The minimum atomic E-state index is -0.894. The predicted molar refractivity (Wildman–Crippen MR) is 45.4 cm³/mol. The van der Waals surface area contributed by atoms with Crippen molar-refractivity contribution >= 4 is 0 Å². The van der Waals surface area contributed by atoms with E-state index in [2.05, 4.69) is 0 Å². The Morgan fingerprint density at radius 3 is 2.67 bits per heavy atom. The maximum Gasteiger partial charge on any atom is 0.121 e. The standard InChI is InChI=1S/C8H14N2O2/c1-10-4-2-3-6(10)8(12)7(11)5-9/h2-4,7-8,11-12H,5,9H2,1H3. The summed E-state index contributed by atoms with van der Waals surface area (Å²) >= 11 is 0. The largest absolute Gasteiger partial charge is 0.389 e. The van der Waals surface area contributed by atoms with Gasteiger partial charge in [-0.05, 0) is 12.1 Å². The second-order valence-corrected chi connectivity index (χ2v) is 2.79. The lowest BCUT2D eigenvalue weighted by Crippen LogP contribution is -2.28. The van der Waals surface area contributed by atoms with Crippen LogP contribution in [0.4, 0.5) is 0 Å². The van der Waals surface area contributed by atoms with E-state index in [1.54, 1.807) is 10.6 Å².